The molecule has 0 radical (unpaired) electrons. The highest BCUT2D eigenvalue weighted by molar-refractivity contribution is 7.89. The molecule has 19 N–H and O–H groups in total. The fraction of sp³-hybridized carbons (Fsp3) is 0.319. The third kappa shape index (κ3) is 16.4. The maximum Gasteiger partial charge on any atom is 0.330 e. The van der Waals surface area contributed by atoms with Gasteiger partial charge in [0, 0.05) is 42.2 Å². The van der Waals surface area contributed by atoms with E-state index in [-0.39, 0.29) is 62.1 Å². The number of phenols is 6. The number of unbranched alkanes of at least 4 members (excludes halogenated alkanes) is 3. The summed E-state index contributed by atoms with van der Waals surface area (Å²) >= 11 is 14.1. The number of carboxylic acids is 1. The lowest BCUT2D eigenvalue weighted by atomic mass is 9.89. The molecule has 7 aromatic carbocycles. The van der Waals surface area contributed by atoms with E-state index in [0.29, 0.717) is 12.8 Å². The van der Waals surface area contributed by atoms with E-state index in [0.717, 1.165) is 98.3 Å². The first kappa shape index (κ1) is 76.9. The van der Waals surface area contributed by atoms with Gasteiger partial charge in [-0.25, -0.2) is 13.2 Å². The molecule has 17 bridgehead atoms. The van der Waals surface area contributed by atoms with Gasteiger partial charge in [0.25, 0.3) is 0 Å². The van der Waals surface area contributed by atoms with Crippen LogP contribution in [-0.2, 0) is 59.5 Å². The second-order valence-electron chi connectivity index (χ2n) is 26.2. The highest BCUT2D eigenvalue weighted by atomic mass is 35.5. The van der Waals surface area contributed by atoms with Gasteiger partial charge >= 0.3 is 5.97 Å². The quantitative estimate of drug-likeness (QED) is 0.0759. The molecule has 1 saturated heterocycles. The van der Waals surface area contributed by atoms with E-state index in [9.17, 15) is 74.2 Å². The van der Waals surface area contributed by atoms with Crippen LogP contribution in [0.3, 0.4) is 0 Å². The van der Waals surface area contributed by atoms with Crippen molar-refractivity contribution < 1.29 is 122 Å². The molecule has 570 valence electrons. The first-order valence-corrected chi connectivity index (χ1v) is 36.0. The van der Waals surface area contributed by atoms with Gasteiger partial charge in [0.2, 0.25) is 51.2 Å². The summed E-state index contributed by atoms with van der Waals surface area (Å²) in [6.45, 7) is 1.94. The molecule has 1 unspecified atom stereocenters. The van der Waals surface area contributed by atoms with Gasteiger partial charge in [-0.3, -0.25) is 34.1 Å². The molecule has 14 atom stereocenters. The molecule has 0 aromatic heterocycles. The monoisotopic (exact) mass is 1550 g/mol. The predicted octanol–water partition coefficient (Wildman–Crippen LogP) is 4.29. The summed E-state index contributed by atoms with van der Waals surface area (Å²) in [6, 6.07) is 4.37. The number of nitrogens with one attached hydrogen (secondary N) is 8. The number of sulfonamides is 1. The predicted molar refractivity (Wildman–Crippen MR) is 377 cm³/mol. The van der Waals surface area contributed by atoms with Gasteiger partial charge in [0.1, 0.15) is 107 Å². The first-order valence-electron chi connectivity index (χ1n) is 33.6. The van der Waals surface area contributed by atoms with E-state index in [1.165, 1.54) is 30.3 Å². The number of rotatable bonds is 12. The van der Waals surface area contributed by atoms with Crippen molar-refractivity contribution in [3.05, 3.63) is 164 Å². The Morgan fingerprint density at radius 2 is 1.26 bits per heavy atom. The molecule has 0 saturated carbocycles. The van der Waals surface area contributed by atoms with E-state index in [1.54, 1.807) is 0 Å². The van der Waals surface area contributed by atoms with Crippen LogP contribution >= 0.6 is 23.2 Å². The second-order valence-corrected chi connectivity index (χ2v) is 28.9. The Balaban J connectivity index is 1.07. The maximum atomic E-state index is 16.1. The molecule has 36 heteroatoms. The number of benzene rings is 7. The van der Waals surface area contributed by atoms with E-state index in [2.05, 4.69) is 41.9 Å². The minimum atomic E-state index is -4.33. The maximum absolute atomic E-state index is 16.1. The van der Waals surface area contributed by atoms with Crippen LogP contribution in [0.4, 0.5) is 0 Å². The smallest absolute Gasteiger partial charge is 0.330 e. The number of hydrogen-bond acceptors (Lipinski definition) is 25. The molecule has 0 aliphatic carbocycles. The molecule has 0 spiro atoms. The number of ether oxygens (including phenoxy) is 5. The standard InChI is InChI=1S/C72H72Cl2N8O25S/c1-3-4-5-6-15-108(101,102)82-57-32-9-12-45(88)49(22-32)103-38-19-34(18-36(85)25-38)55-67(95)79-56-35-23-50(104-47-13-7-30(16-41(47)73)17-43(65(93)77-55)76-69(57)97)61(90)51(24-35)105-48-14-10-33(21-42(48)74)64(107-72-59(75-29(2)84)63(92)62(91)52(28-83)106-72)60-70(98)80-58(71(99)100)40-26-37(86)27-46(89)53(40)39-20-31(8-11-44(39)87)54(66(94)81-60)78-68(56)96/h7-14,16,18-27,43,52,54-60,62-64,68,72,78,82-83,85-92,96H,3-6,15,17,28H2,1-2H3,(H,75,84)(H,76,97)(H,77,93)(H,79,95)(H,80,98)(H,81,94)(H,99,100)/t43-,52-,54-,55+,56-,57-,58-,59-,60-,62-,63-,64-,68?,72+/m1/s1. The van der Waals surface area contributed by atoms with Gasteiger partial charge in [0.05, 0.1) is 28.4 Å². The Hall–Kier alpha value is -10.8. The lowest BCUT2D eigenvalue weighted by molar-refractivity contribution is -0.284. The number of hydrogen-bond donors (Lipinski definition) is 19. The van der Waals surface area contributed by atoms with Crippen LogP contribution in [0.25, 0.3) is 11.1 Å². The van der Waals surface area contributed by atoms with Crippen molar-refractivity contribution in [2.24, 2.45) is 0 Å². The Bertz CT molecular complexity index is 4860. The SMILES string of the molecule is CCCCCCS(=O)(=O)N[C@H]1C(=O)N[C@@H]2Cc3ccc(c(Cl)c3)Oc3cc4cc(c3O)Oc3ccc(cc3Cl)[C@@H](O[C@@H]3O[C@H](CO)[C@@H](O)[C@H](O)[C@H]3NC(C)=O)[C@H]3NC(=O)[C@H](NC(O)[C@@H]4NC(=O)[C@@H](NC2=O)c2cc(O)cc(c2)Oc2cc1ccc2O)c1ccc(O)c(c1)-c1c(O)cc(O)cc1[C@H](C(=O)O)NC3=O. The van der Waals surface area contributed by atoms with Crippen LogP contribution in [0, 0.1) is 0 Å². The highest BCUT2D eigenvalue weighted by Crippen LogP contribution is 2.49. The van der Waals surface area contributed by atoms with Gasteiger partial charge in [-0.1, -0.05) is 73.7 Å². The third-order valence-corrected chi connectivity index (χ3v) is 20.6. The van der Waals surface area contributed by atoms with Gasteiger partial charge in [-0.2, -0.15) is 4.72 Å². The zero-order chi connectivity index (χ0) is 77.5. The van der Waals surface area contributed by atoms with Crippen molar-refractivity contribution in [2.75, 3.05) is 12.4 Å². The minimum Gasteiger partial charge on any atom is -0.508 e. The molecule has 33 nitrogen and oxygen atoms in total. The van der Waals surface area contributed by atoms with Crippen molar-refractivity contribution >= 4 is 74.6 Å². The van der Waals surface area contributed by atoms with Crippen molar-refractivity contribution in [3.63, 3.8) is 0 Å². The number of fused-ring (bicyclic) bond motifs is 14. The number of carbonyl (C=O) groups excluding carboxylic acids is 6. The van der Waals surface area contributed by atoms with E-state index in [4.69, 9.17) is 46.9 Å². The summed E-state index contributed by atoms with van der Waals surface area (Å²) < 4.78 is 61.6. The molecule has 7 aliphatic heterocycles. The summed E-state index contributed by atoms with van der Waals surface area (Å²) in [5.41, 5.74) is -2.80. The minimum absolute atomic E-state index is 0.0975. The van der Waals surface area contributed by atoms with Gasteiger partial charge in [-0.15, -0.1) is 0 Å². The summed E-state index contributed by atoms with van der Waals surface area (Å²) in [4.78, 5) is 105. The number of phenolic OH excluding ortho intramolecular Hbond substituents is 6. The zero-order valence-electron chi connectivity index (χ0n) is 56.8. The Kier molecular flexibility index (Phi) is 22.5. The first-order chi connectivity index (χ1) is 51.3. The number of aromatic hydroxyl groups is 6. The fourth-order valence-corrected chi connectivity index (χ4v) is 15.1. The molecule has 7 aliphatic rings. The molecule has 1 fully saturated rings. The normalized spacial score (nSPS) is 25.0. The summed E-state index contributed by atoms with van der Waals surface area (Å²) in [6.07, 6.45) is -10.6. The number of carboxylic acid groups (broad SMARTS) is 1. The molecule has 6 amide bonds. The van der Waals surface area contributed by atoms with Crippen LogP contribution in [0.1, 0.15) is 115 Å². The second kappa shape index (κ2) is 31.6. The van der Waals surface area contributed by atoms with Gasteiger partial charge in [-0.05, 0) is 119 Å². The number of carbonyl (C=O) groups is 7. The molecule has 108 heavy (non-hydrogen) atoms. The van der Waals surface area contributed by atoms with Crippen molar-refractivity contribution in [1.82, 2.24) is 41.9 Å². The molecule has 14 rings (SSSR count). The van der Waals surface area contributed by atoms with Crippen LogP contribution in [0.2, 0.25) is 10.0 Å². The number of halogens is 2. The van der Waals surface area contributed by atoms with E-state index >= 15 is 24.0 Å². The summed E-state index contributed by atoms with van der Waals surface area (Å²) in [5.74, 6) is -16.6. The average molecular weight is 1550 g/mol. The summed E-state index contributed by atoms with van der Waals surface area (Å²) in [5, 5.41) is 144. The summed E-state index contributed by atoms with van der Waals surface area (Å²) in [7, 11) is -4.33. The van der Waals surface area contributed by atoms with Crippen LogP contribution in [-0.4, -0.2) is 167 Å². The van der Waals surface area contributed by atoms with Crippen LogP contribution in [0.5, 0.6) is 69.0 Å². The molecular formula is C72H72Cl2N8O25S. The van der Waals surface area contributed by atoms with Crippen LogP contribution in [0.15, 0.2) is 115 Å². The van der Waals surface area contributed by atoms with Crippen molar-refractivity contribution in [1.29, 1.82) is 0 Å². The average Bonchev–Trinajstić information content (AvgIpc) is 0.767. The third-order valence-electron chi connectivity index (χ3n) is 18.6. The number of amides is 6. The lowest BCUT2D eigenvalue weighted by Gasteiger charge is -2.44. The number of aliphatic carboxylic acids is 1. The Labute approximate surface area is 623 Å². The van der Waals surface area contributed by atoms with Gasteiger partial charge in [0.15, 0.2) is 35.3 Å². The topological polar surface area (TPSA) is 519 Å². The lowest BCUT2D eigenvalue weighted by Crippen LogP contribution is -2.65. The Morgan fingerprint density at radius 3 is 1.94 bits per heavy atom. The van der Waals surface area contributed by atoms with Crippen molar-refractivity contribution in [2.45, 2.75) is 131 Å². The Morgan fingerprint density at radius 1 is 0.602 bits per heavy atom. The molecular weight excluding hydrogens is 1480 g/mol. The zero-order valence-corrected chi connectivity index (χ0v) is 59.1. The van der Waals surface area contributed by atoms with Crippen molar-refractivity contribution in [3.8, 4) is 80.1 Å². The number of aliphatic hydroxyl groups is 4. The number of aliphatic hydroxyl groups excluding tert-OH is 4. The fourth-order valence-electron chi connectivity index (χ4n) is 13.3. The van der Waals surface area contributed by atoms with Crippen LogP contribution < -0.4 is 56.2 Å². The van der Waals surface area contributed by atoms with E-state index in [1.807, 2.05) is 6.92 Å². The van der Waals surface area contributed by atoms with E-state index < -0.39 is 229 Å². The molecule has 7 aromatic rings. The molecule has 7 heterocycles. The largest absolute Gasteiger partial charge is 0.508 e. The van der Waals surface area contributed by atoms with Gasteiger partial charge < -0.3 is 112 Å². The highest BCUT2D eigenvalue weighted by Gasteiger charge is 2.49.